The van der Waals surface area contributed by atoms with Gasteiger partial charge in [0.15, 0.2) is 0 Å². The van der Waals surface area contributed by atoms with Gasteiger partial charge in [0.25, 0.3) is 5.91 Å². The lowest BCUT2D eigenvalue weighted by molar-refractivity contribution is -0.138. The Morgan fingerprint density at radius 3 is 2.46 bits per heavy atom. The molecular weight excluding hydrogens is 309 g/mol. The smallest absolute Gasteiger partial charge is 0.256 e. The molecule has 5 nitrogen and oxygen atoms in total. The Hall–Kier alpha value is -1.95. The molecule has 2 amide bonds. The number of halogens is 1. The molecule has 2 aliphatic heterocycles. The summed E-state index contributed by atoms with van der Waals surface area (Å²) in [5, 5.41) is 0. The van der Waals surface area contributed by atoms with Gasteiger partial charge in [-0.1, -0.05) is 12.1 Å². The molecule has 0 bridgehead atoms. The highest BCUT2D eigenvalue weighted by molar-refractivity contribution is 5.94. The van der Waals surface area contributed by atoms with Crippen molar-refractivity contribution in [3.63, 3.8) is 0 Å². The lowest BCUT2D eigenvalue weighted by atomic mass is 9.92. The van der Waals surface area contributed by atoms with Crippen LogP contribution in [0.4, 0.5) is 4.39 Å². The highest BCUT2D eigenvalue weighted by Gasteiger charge is 2.44. The number of hydrogen-bond acceptors (Lipinski definition) is 3. The van der Waals surface area contributed by atoms with Crippen molar-refractivity contribution < 1.29 is 14.0 Å². The van der Waals surface area contributed by atoms with E-state index in [1.165, 1.54) is 12.1 Å². The van der Waals surface area contributed by atoms with Crippen molar-refractivity contribution >= 4 is 11.8 Å². The maximum atomic E-state index is 13.9. The average molecular weight is 333 g/mol. The molecule has 2 aliphatic rings. The minimum absolute atomic E-state index is 0.0558. The van der Waals surface area contributed by atoms with Crippen molar-refractivity contribution in [2.75, 3.05) is 32.7 Å². The molecule has 3 rings (SSSR count). The third kappa shape index (κ3) is 3.02. The van der Waals surface area contributed by atoms with Crippen LogP contribution in [-0.4, -0.2) is 70.8 Å². The summed E-state index contributed by atoms with van der Waals surface area (Å²) >= 11 is 0. The summed E-state index contributed by atoms with van der Waals surface area (Å²) in [5.74, 6) is -0.704. The summed E-state index contributed by atoms with van der Waals surface area (Å²) in [6.45, 7) is 8.97. The first kappa shape index (κ1) is 16.9. The zero-order valence-electron chi connectivity index (χ0n) is 14.5. The number of amides is 2. The van der Waals surface area contributed by atoms with Crippen molar-refractivity contribution in [3.05, 3.63) is 35.6 Å². The molecule has 0 N–H and O–H groups in total. The third-order valence-corrected chi connectivity index (χ3v) is 5.11. The fourth-order valence-electron chi connectivity index (χ4n) is 3.91. The predicted molar refractivity (Wildman–Crippen MR) is 89.1 cm³/mol. The molecule has 0 spiro atoms. The van der Waals surface area contributed by atoms with Crippen molar-refractivity contribution in [2.24, 2.45) is 0 Å². The van der Waals surface area contributed by atoms with Crippen LogP contribution < -0.4 is 0 Å². The van der Waals surface area contributed by atoms with Gasteiger partial charge in [-0.15, -0.1) is 0 Å². The molecule has 2 saturated heterocycles. The molecule has 0 unspecified atom stereocenters. The van der Waals surface area contributed by atoms with Gasteiger partial charge in [-0.2, -0.15) is 0 Å². The monoisotopic (exact) mass is 333 g/mol. The topological polar surface area (TPSA) is 43.9 Å². The molecule has 6 heteroatoms. The fraction of sp³-hybridized carbons (Fsp3) is 0.556. The normalized spacial score (nSPS) is 23.8. The van der Waals surface area contributed by atoms with Gasteiger partial charge in [-0.05, 0) is 26.0 Å². The molecule has 0 aromatic heterocycles. The first-order chi connectivity index (χ1) is 11.3. The van der Waals surface area contributed by atoms with E-state index < -0.39 is 5.82 Å². The van der Waals surface area contributed by atoms with Crippen LogP contribution in [0.15, 0.2) is 24.3 Å². The molecule has 1 aromatic carbocycles. The third-order valence-electron chi connectivity index (χ3n) is 5.11. The maximum absolute atomic E-state index is 13.9. The predicted octanol–water partition coefficient (Wildman–Crippen LogP) is 1.59. The summed E-state index contributed by atoms with van der Waals surface area (Å²) in [7, 11) is 0. The van der Waals surface area contributed by atoms with E-state index in [9.17, 15) is 14.0 Å². The summed E-state index contributed by atoms with van der Waals surface area (Å²) in [6.07, 6.45) is 0. The van der Waals surface area contributed by atoms with Crippen molar-refractivity contribution in [1.29, 1.82) is 0 Å². The molecule has 130 valence electrons. The molecule has 2 heterocycles. The first-order valence-electron chi connectivity index (χ1n) is 8.35. The number of nitrogens with zero attached hydrogens (tertiary/aromatic N) is 3. The summed E-state index contributed by atoms with van der Waals surface area (Å²) in [6, 6.07) is 6.18. The second-order valence-corrected chi connectivity index (χ2v) is 7.29. The Bertz CT molecular complexity index is 661. The van der Waals surface area contributed by atoms with Crippen LogP contribution in [-0.2, 0) is 4.79 Å². The van der Waals surface area contributed by atoms with Gasteiger partial charge in [-0.3, -0.25) is 14.5 Å². The number of piperazine rings is 2. The van der Waals surface area contributed by atoms with Crippen molar-refractivity contribution in [3.8, 4) is 0 Å². The standard InChI is InChI=1S/C18H24FN3O2/c1-13(23)21-11-14-10-20(8-9-22(14)18(2,3)12-21)17(24)15-6-4-5-7-16(15)19/h4-7,14H,8-12H2,1-3H3/t14-/m0/s1. The van der Waals surface area contributed by atoms with Crippen LogP contribution in [0.2, 0.25) is 0 Å². The van der Waals surface area contributed by atoms with Crippen LogP contribution in [0.25, 0.3) is 0 Å². The molecular formula is C18H24FN3O2. The number of carbonyl (C=O) groups excluding carboxylic acids is 2. The summed E-state index contributed by atoms with van der Waals surface area (Å²) in [5.41, 5.74) is -0.00807. The van der Waals surface area contributed by atoms with E-state index in [1.807, 2.05) is 4.90 Å². The minimum atomic E-state index is -0.487. The second-order valence-electron chi connectivity index (χ2n) is 7.29. The second kappa shape index (κ2) is 6.16. The lowest BCUT2D eigenvalue weighted by Gasteiger charge is -2.55. The average Bonchev–Trinajstić information content (AvgIpc) is 2.53. The molecule has 1 atom stereocenters. The van der Waals surface area contributed by atoms with Crippen LogP contribution >= 0.6 is 0 Å². The Labute approximate surface area is 142 Å². The Morgan fingerprint density at radius 2 is 1.79 bits per heavy atom. The van der Waals surface area contributed by atoms with Crippen LogP contribution in [0.3, 0.4) is 0 Å². The number of benzene rings is 1. The SMILES string of the molecule is CC(=O)N1C[C@@H]2CN(C(=O)c3ccccc3F)CCN2C(C)(C)C1. The van der Waals surface area contributed by atoms with E-state index in [1.54, 1.807) is 24.0 Å². The Balaban J connectivity index is 1.78. The van der Waals surface area contributed by atoms with Gasteiger partial charge >= 0.3 is 0 Å². The summed E-state index contributed by atoms with van der Waals surface area (Å²) in [4.78, 5) is 30.4. The zero-order valence-corrected chi connectivity index (χ0v) is 14.5. The molecule has 1 aromatic rings. The van der Waals surface area contributed by atoms with E-state index in [4.69, 9.17) is 0 Å². The van der Waals surface area contributed by atoms with Crippen LogP contribution in [0.5, 0.6) is 0 Å². The molecule has 24 heavy (non-hydrogen) atoms. The van der Waals surface area contributed by atoms with Gasteiger partial charge in [0, 0.05) is 51.2 Å². The van der Waals surface area contributed by atoms with Gasteiger partial charge < -0.3 is 9.80 Å². The van der Waals surface area contributed by atoms with E-state index in [-0.39, 0.29) is 29.0 Å². The van der Waals surface area contributed by atoms with E-state index in [2.05, 4.69) is 18.7 Å². The highest BCUT2D eigenvalue weighted by atomic mass is 19.1. The van der Waals surface area contributed by atoms with Crippen molar-refractivity contribution in [1.82, 2.24) is 14.7 Å². The largest absolute Gasteiger partial charge is 0.339 e. The number of fused-ring (bicyclic) bond motifs is 1. The molecule has 0 aliphatic carbocycles. The fourth-order valence-corrected chi connectivity index (χ4v) is 3.91. The van der Waals surface area contributed by atoms with Gasteiger partial charge in [0.1, 0.15) is 5.82 Å². The molecule has 2 fully saturated rings. The Morgan fingerprint density at radius 1 is 1.12 bits per heavy atom. The van der Waals surface area contributed by atoms with E-state index in [0.29, 0.717) is 26.2 Å². The maximum Gasteiger partial charge on any atom is 0.256 e. The molecule has 0 radical (unpaired) electrons. The quantitative estimate of drug-likeness (QED) is 0.784. The van der Waals surface area contributed by atoms with E-state index in [0.717, 1.165) is 6.54 Å². The first-order valence-corrected chi connectivity index (χ1v) is 8.35. The van der Waals surface area contributed by atoms with Crippen LogP contribution in [0.1, 0.15) is 31.1 Å². The van der Waals surface area contributed by atoms with E-state index >= 15 is 0 Å². The highest BCUT2D eigenvalue weighted by Crippen LogP contribution is 2.28. The number of carbonyl (C=O) groups is 2. The molecule has 0 saturated carbocycles. The van der Waals surface area contributed by atoms with Crippen molar-refractivity contribution in [2.45, 2.75) is 32.4 Å². The number of hydrogen-bond donors (Lipinski definition) is 0. The zero-order chi connectivity index (χ0) is 17.5. The Kier molecular flexibility index (Phi) is 4.34. The van der Waals surface area contributed by atoms with Gasteiger partial charge in [0.2, 0.25) is 5.91 Å². The van der Waals surface area contributed by atoms with Crippen LogP contribution in [0, 0.1) is 5.82 Å². The van der Waals surface area contributed by atoms with Gasteiger partial charge in [-0.25, -0.2) is 4.39 Å². The lowest BCUT2D eigenvalue weighted by Crippen LogP contribution is -2.70. The van der Waals surface area contributed by atoms with Gasteiger partial charge in [0.05, 0.1) is 5.56 Å². The summed E-state index contributed by atoms with van der Waals surface area (Å²) < 4.78 is 13.9. The number of rotatable bonds is 1. The minimum Gasteiger partial charge on any atom is -0.339 e.